The lowest BCUT2D eigenvalue weighted by Crippen LogP contribution is -2.31. The lowest BCUT2D eigenvalue weighted by molar-refractivity contribution is -0.121. The largest absolute Gasteiger partial charge is 0.497 e. The fourth-order valence-electron chi connectivity index (χ4n) is 1.30. The van der Waals surface area contributed by atoms with Crippen molar-refractivity contribution in [1.29, 1.82) is 0 Å². The first-order valence-electron chi connectivity index (χ1n) is 5.13. The molecule has 16 heavy (non-hydrogen) atoms. The van der Waals surface area contributed by atoms with E-state index in [1.807, 2.05) is 31.2 Å². The highest BCUT2D eigenvalue weighted by Crippen LogP contribution is 2.17. The summed E-state index contributed by atoms with van der Waals surface area (Å²) in [6.07, 6.45) is 0. The maximum atomic E-state index is 11.4. The number of ether oxygens (including phenoxy) is 1. The number of nitrogens with one attached hydrogen (secondary N) is 1. The van der Waals surface area contributed by atoms with Crippen LogP contribution in [0.1, 0.15) is 25.5 Å². The molecule has 0 aliphatic heterocycles. The van der Waals surface area contributed by atoms with Crippen LogP contribution >= 0.6 is 11.6 Å². The predicted molar refractivity (Wildman–Crippen MR) is 64.9 cm³/mol. The Labute approximate surface area is 101 Å². The number of hydrogen-bond donors (Lipinski definition) is 1. The lowest BCUT2D eigenvalue weighted by atomic mass is 10.1. The number of benzene rings is 1. The summed E-state index contributed by atoms with van der Waals surface area (Å²) in [6.45, 7) is 3.57. The third-order valence-electron chi connectivity index (χ3n) is 2.34. The first-order valence-corrected chi connectivity index (χ1v) is 5.56. The number of alkyl halides is 1. The van der Waals surface area contributed by atoms with Gasteiger partial charge in [0.15, 0.2) is 0 Å². The van der Waals surface area contributed by atoms with Gasteiger partial charge < -0.3 is 10.1 Å². The van der Waals surface area contributed by atoms with Crippen molar-refractivity contribution in [3.05, 3.63) is 29.8 Å². The van der Waals surface area contributed by atoms with Gasteiger partial charge in [-0.3, -0.25) is 4.79 Å². The standard InChI is InChI=1S/C12H16ClNO2/c1-8(13)12(15)14-9(2)10-4-6-11(16-3)7-5-10/h4-9H,1-3H3,(H,14,15)/t8?,9-/m0/s1. The van der Waals surface area contributed by atoms with E-state index in [2.05, 4.69) is 5.32 Å². The maximum Gasteiger partial charge on any atom is 0.238 e. The predicted octanol–water partition coefficient (Wildman–Crippen LogP) is 2.50. The van der Waals surface area contributed by atoms with Crippen LogP contribution in [0.2, 0.25) is 0 Å². The third-order valence-corrected chi connectivity index (χ3v) is 2.53. The highest BCUT2D eigenvalue weighted by molar-refractivity contribution is 6.30. The van der Waals surface area contributed by atoms with Crippen molar-refractivity contribution in [3.8, 4) is 5.75 Å². The summed E-state index contributed by atoms with van der Waals surface area (Å²) < 4.78 is 5.06. The molecule has 0 spiro atoms. The van der Waals surface area contributed by atoms with E-state index < -0.39 is 5.38 Å². The van der Waals surface area contributed by atoms with E-state index in [-0.39, 0.29) is 11.9 Å². The van der Waals surface area contributed by atoms with Gasteiger partial charge in [0, 0.05) is 0 Å². The van der Waals surface area contributed by atoms with E-state index in [0.29, 0.717) is 0 Å². The molecule has 0 fully saturated rings. The van der Waals surface area contributed by atoms with Crippen molar-refractivity contribution in [3.63, 3.8) is 0 Å². The molecular formula is C12H16ClNO2. The second-order valence-electron chi connectivity index (χ2n) is 3.62. The van der Waals surface area contributed by atoms with Gasteiger partial charge in [-0.2, -0.15) is 0 Å². The van der Waals surface area contributed by atoms with E-state index >= 15 is 0 Å². The molecule has 0 saturated carbocycles. The quantitative estimate of drug-likeness (QED) is 0.823. The molecule has 0 heterocycles. The molecule has 0 aliphatic rings. The van der Waals surface area contributed by atoms with Gasteiger partial charge in [0.05, 0.1) is 13.2 Å². The number of amides is 1. The Kier molecular flexibility index (Phi) is 4.62. The summed E-state index contributed by atoms with van der Waals surface area (Å²) in [5, 5.41) is 2.31. The Morgan fingerprint density at radius 1 is 1.31 bits per heavy atom. The number of hydrogen-bond acceptors (Lipinski definition) is 2. The Balaban J connectivity index is 2.65. The molecule has 1 rings (SSSR count). The second kappa shape index (κ2) is 5.75. The highest BCUT2D eigenvalue weighted by atomic mass is 35.5. The average Bonchev–Trinajstić information content (AvgIpc) is 2.28. The normalized spacial score (nSPS) is 14.0. The van der Waals surface area contributed by atoms with Crippen LogP contribution in [0, 0.1) is 0 Å². The number of methoxy groups -OCH3 is 1. The molecule has 1 aromatic carbocycles. The first kappa shape index (κ1) is 12.8. The van der Waals surface area contributed by atoms with Crippen LogP contribution in [0.15, 0.2) is 24.3 Å². The van der Waals surface area contributed by atoms with Crippen LogP contribution in [0.3, 0.4) is 0 Å². The molecule has 3 nitrogen and oxygen atoms in total. The Morgan fingerprint density at radius 3 is 2.31 bits per heavy atom. The zero-order valence-electron chi connectivity index (χ0n) is 9.66. The second-order valence-corrected chi connectivity index (χ2v) is 4.27. The lowest BCUT2D eigenvalue weighted by Gasteiger charge is -2.15. The Hall–Kier alpha value is -1.22. The molecule has 0 saturated heterocycles. The molecule has 0 bridgehead atoms. The number of carbonyl (C=O) groups is 1. The molecule has 1 unspecified atom stereocenters. The molecule has 1 aromatic rings. The summed E-state index contributed by atoms with van der Waals surface area (Å²) in [5.41, 5.74) is 1.02. The van der Waals surface area contributed by atoms with Gasteiger partial charge in [0.1, 0.15) is 11.1 Å². The number of rotatable bonds is 4. The topological polar surface area (TPSA) is 38.3 Å². The fraction of sp³-hybridized carbons (Fsp3) is 0.417. The summed E-state index contributed by atoms with van der Waals surface area (Å²) in [7, 11) is 1.62. The summed E-state index contributed by atoms with van der Waals surface area (Å²) in [4.78, 5) is 11.4. The van der Waals surface area contributed by atoms with E-state index in [9.17, 15) is 4.79 Å². The van der Waals surface area contributed by atoms with Crippen LogP contribution in [0.25, 0.3) is 0 Å². The minimum absolute atomic E-state index is 0.0559. The molecule has 1 N–H and O–H groups in total. The van der Waals surface area contributed by atoms with Gasteiger partial charge in [0.2, 0.25) is 5.91 Å². The first-order chi connectivity index (χ1) is 7.54. The van der Waals surface area contributed by atoms with E-state index in [1.165, 1.54) is 0 Å². The van der Waals surface area contributed by atoms with Crippen LogP contribution in [0.5, 0.6) is 5.75 Å². The van der Waals surface area contributed by atoms with Gasteiger partial charge in [-0.05, 0) is 31.5 Å². The summed E-state index contributed by atoms with van der Waals surface area (Å²) in [5.74, 6) is 0.637. The molecule has 0 radical (unpaired) electrons. The van der Waals surface area contributed by atoms with E-state index in [4.69, 9.17) is 16.3 Å². The van der Waals surface area contributed by atoms with Crippen molar-refractivity contribution in [2.24, 2.45) is 0 Å². The molecule has 1 amide bonds. The monoisotopic (exact) mass is 241 g/mol. The van der Waals surface area contributed by atoms with Crippen molar-refractivity contribution in [2.45, 2.75) is 25.3 Å². The van der Waals surface area contributed by atoms with Gasteiger partial charge in [-0.1, -0.05) is 12.1 Å². The minimum atomic E-state index is -0.513. The fourth-order valence-corrected chi connectivity index (χ4v) is 1.37. The summed E-state index contributed by atoms with van der Waals surface area (Å²) in [6, 6.07) is 7.51. The van der Waals surface area contributed by atoms with Gasteiger partial charge >= 0.3 is 0 Å². The number of halogens is 1. The Morgan fingerprint density at radius 2 is 1.88 bits per heavy atom. The van der Waals surface area contributed by atoms with Crippen molar-refractivity contribution in [2.75, 3.05) is 7.11 Å². The van der Waals surface area contributed by atoms with E-state index in [0.717, 1.165) is 11.3 Å². The van der Waals surface area contributed by atoms with Gasteiger partial charge in [-0.15, -0.1) is 11.6 Å². The van der Waals surface area contributed by atoms with E-state index in [1.54, 1.807) is 14.0 Å². The smallest absolute Gasteiger partial charge is 0.238 e. The Bertz CT molecular complexity index is 349. The molecule has 0 aromatic heterocycles. The number of carbonyl (C=O) groups excluding carboxylic acids is 1. The average molecular weight is 242 g/mol. The zero-order chi connectivity index (χ0) is 12.1. The SMILES string of the molecule is COc1ccc([C@H](C)NC(=O)C(C)Cl)cc1. The maximum absolute atomic E-state index is 11.4. The third kappa shape index (κ3) is 3.42. The van der Waals surface area contributed by atoms with Crippen LogP contribution in [-0.4, -0.2) is 18.4 Å². The summed E-state index contributed by atoms with van der Waals surface area (Å²) >= 11 is 5.68. The molecule has 88 valence electrons. The van der Waals surface area contributed by atoms with Crippen molar-refractivity contribution in [1.82, 2.24) is 5.32 Å². The molecular weight excluding hydrogens is 226 g/mol. The van der Waals surface area contributed by atoms with Gasteiger partial charge in [0.25, 0.3) is 0 Å². The zero-order valence-corrected chi connectivity index (χ0v) is 10.4. The van der Waals surface area contributed by atoms with Crippen LogP contribution in [-0.2, 0) is 4.79 Å². The molecule has 2 atom stereocenters. The van der Waals surface area contributed by atoms with Crippen LogP contribution < -0.4 is 10.1 Å². The minimum Gasteiger partial charge on any atom is -0.497 e. The van der Waals surface area contributed by atoms with Crippen molar-refractivity contribution >= 4 is 17.5 Å². The van der Waals surface area contributed by atoms with Gasteiger partial charge in [-0.25, -0.2) is 0 Å². The van der Waals surface area contributed by atoms with Crippen molar-refractivity contribution < 1.29 is 9.53 Å². The van der Waals surface area contributed by atoms with Crippen LogP contribution in [0.4, 0.5) is 0 Å². The molecule has 0 aliphatic carbocycles. The highest BCUT2D eigenvalue weighted by Gasteiger charge is 2.13. The molecule has 4 heteroatoms.